The van der Waals surface area contributed by atoms with E-state index in [0.29, 0.717) is 23.1 Å². The number of carbonyl (C=O) groups excluding carboxylic acids is 1. The zero-order valence-corrected chi connectivity index (χ0v) is 14.5. The van der Waals surface area contributed by atoms with Crippen LogP contribution < -0.4 is 10.9 Å². The SMILES string of the molecule is CCn1c(=O)c(C(=O)Nc2ccc(C)cc2C)c(O)c2ccccc21. The van der Waals surface area contributed by atoms with E-state index in [0.717, 1.165) is 11.1 Å². The lowest BCUT2D eigenvalue weighted by atomic mass is 10.1. The van der Waals surface area contributed by atoms with Crippen LogP contribution in [0, 0.1) is 13.8 Å². The van der Waals surface area contributed by atoms with E-state index in [1.165, 1.54) is 4.57 Å². The summed E-state index contributed by atoms with van der Waals surface area (Å²) in [6.07, 6.45) is 0. The molecule has 0 spiro atoms. The van der Waals surface area contributed by atoms with Crippen LogP contribution in [0.25, 0.3) is 10.9 Å². The summed E-state index contributed by atoms with van der Waals surface area (Å²) in [6, 6.07) is 12.6. The highest BCUT2D eigenvalue weighted by Crippen LogP contribution is 2.27. The second-order valence-electron chi connectivity index (χ2n) is 6.06. The van der Waals surface area contributed by atoms with Gasteiger partial charge in [-0.1, -0.05) is 29.8 Å². The zero-order chi connectivity index (χ0) is 18.1. The molecule has 0 aliphatic heterocycles. The van der Waals surface area contributed by atoms with Crippen LogP contribution in [0.3, 0.4) is 0 Å². The third-order valence-electron chi connectivity index (χ3n) is 4.32. The van der Waals surface area contributed by atoms with E-state index < -0.39 is 11.5 Å². The van der Waals surface area contributed by atoms with Crippen LogP contribution in [0.4, 0.5) is 5.69 Å². The minimum Gasteiger partial charge on any atom is -0.506 e. The summed E-state index contributed by atoms with van der Waals surface area (Å²) < 4.78 is 1.49. The van der Waals surface area contributed by atoms with E-state index in [-0.39, 0.29) is 11.3 Å². The Morgan fingerprint density at radius 2 is 1.88 bits per heavy atom. The van der Waals surface area contributed by atoms with E-state index >= 15 is 0 Å². The van der Waals surface area contributed by atoms with Crippen molar-refractivity contribution in [3.05, 3.63) is 69.5 Å². The van der Waals surface area contributed by atoms with Gasteiger partial charge in [0, 0.05) is 17.6 Å². The first-order valence-electron chi connectivity index (χ1n) is 8.17. The van der Waals surface area contributed by atoms with E-state index in [2.05, 4.69) is 5.32 Å². The van der Waals surface area contributed by atoms with E-state index in [1.807, 2.05) is 32.9 Å². The first kappa shape index (κ1) is 16.8. The molecule has 5 heteroatoms. The van der Waals surface area contributed by atoms with Gasteiger partial charge in [-0.25, -0.2) is 0 Å². The van der Waals surface area contributed by atoms with Crippen molar-refractivity contribution in [3.8, 4) is 5.75 Å². The number of amides is 1. The lowest BCUT2D eigenvalue weighted by molar-refractivity contribution is 0.102. The summed E-state index contributed by atoms with van der Waals surface area (Å²) in [6.45, 7) is 6.08. The molecule has 3 rings (SSSR count). The number of aromatic hydroxyl groups is 1. The molecule has 1 heterocycles. The smallest absolute Gasteiger partial charge is 0.267 e. The maximum atomic E-state index is 12.7. The quantitative estimate of drug-likeness (QED) is 0.768. The molecule has 0 radical (unpaired) electrons. The molecule has 3 aromatic rings. The number of nitrogens with zero attached hydrogens (tertiary/aromatic N) is 1. The minimum absolute atomic E-state index is 0.236. The predicted molar refractivity (Wildman–Crippen MR) is 99.4 cm³/mol. The van der Waals surface area contributed by atoms with Crippen molar-refractivity contribution in [3.63, 3.8) is 0 Å². The number of benzene rings is 2. The number of aryl methyl sites for hydroxylation is 3. The molecule has 5 nitrogen and oxygen atoms in total. The monoisotopic (exact) mass is 336 g/mol. The molecular weight excluding hydrogens is 316 g/mol. The third-order valence-corrected chi connectivity index (χ3v) is 4.32. The topological polar surface area (TPSA) is 71.3 Å². The first-order valence-corrected chi connectivity index (χ1v) is 8.17. The lowest BCUT2D eigenvalue weighted by Crippen LogP contribution is -2.29. The van der Waals surface area contributed by atoms with Gasteiger partial charge in [0.2, 0.25) is 0 Å². The highest BCUT2D eigenvalue weighted by Gasteiger charge is 2.22. The second kappa shape index (κ2) is 6.43. The average Bonchev–Trinajstić information content (AvgIpc) is 2.58. The van der Waals surface area contributed by atoms with Crippen molar-refractivity contribution in [1.29, 1.82) is 0 Å². The molecule has 1 amide bonds. The lowest BCUT2D eigenvalue weighted by Gasteiger charge is -2.14. The van der Waals surface area contributed by atoms with Gasteiger partial charge in [0.15, 0.2) is 0 Å². The Hall–Kier alpha value is -3.08. The van der Waals surface area contributed by atoms with Crippen LogP contribution in [0.1, 0.15) is 28.4 Å². The fourth-order valence-corrected chi connectivity index (χ4v) is 3.05. The van der Waals surface area contributed by atoms with Crippen molar-refractivity contribution >= 4 is 22.5 Å². The summed E-state index contributed by atoms with van der Waals surface area (Å²) in [5.74, 6) is -0.894. The van der Waals surface area contributed by atoms with Crippen LogP contribution in [-0.4, -0.2) is 15.6 Å². The molecule has 2 N–H and O–H groups in total. The van der Waals surface area contributed by atoms with E-state index in [9.17, 15) is 14.7 Å². The maximum absolute atomic E-state index is 12.7. The van der Waals surface area contributed by atoms with Gasteiger partial charge >= 0.3 is 0 Å². The van der Waals surface area contributed by atoms with Gasteiger partial charge < -0.3 is 15.0 Å². The average molecular weight is 336 g/mol. The van der Waals surface area contributed by atoms with Gasteiger partial charge in [-0.3, -0.25) is 9.59 Å². The second-order valence-corrected chi connectivity index (χ2v) is 6.06. The van der Waals surface area contributed by atoms with Crippen molar-refractivity contribution in [2.75, 3.05) is 5.32 Å². The van der Waals surface area contributed by atoms with Gasteiger partial charge in [0.1, 0.15) is 11.3 Å². The van der Waals surface area contributed by atoms with Crippen LogP contribution in [0.2, 0.25) is 0 Å². The Kier molecular flexibility index (Phi) is 4.31. The maximum Gasteiger partial charge on any atom is 0.267 e. The fourth-order valence-electron chi connectivity index (χ4n) is 3.05. The van der Waals surface area contributed by atoms with Gasteiger partial charge in [0.05, 0.1) is 5.52 Å². The molecule has 0 atom stereocenters. The number of pyridine rings is 1. The summed E-state index contributed by atoms with van der Waals surface area (Å²) >= 11 is 0. The Morgan fingerprint density at radius 3 is 2.56 bits per heavy atom. The Bertz CT molecular complexity index is 1040. The third kappa shape index (κ3) is 2.89. The number of rotatable bonds is 3. The van der Waals surface area contributed by atoms with Crippen LogP contribution in [0.15, 0.2) is 47.3 Å². The summed E-state index contributed by atoms with van der Waals surface area (Å²) in [4.78, 5) is 25.5. The molecule has 2 aromatic carbocycles. The largest absolute Gasteiger partial charge is 0.506 e. The molecular formula is C20H20N2O3. The van der Waals surface area contributed by atoms with Gasteiger partial charge in [-0.05, 0) is 44.5 Å². The summed E-state index contributed by atoms with van der Waals surface area (Å²) in [5, 5.41) is 13.8. The Morgan fingerprint density at radius 1 is 1.16 bits per heavy atom. The molecule has 0 aliphatic rings. The van der Waals surface area contributed by atoms with E-state index in [4.69, 9.17) is 0 Å². The molecule has 128 valence electrons. The number of carbonyl (C=O) groups is 1. The molecule has 25 heavy (non-hydrogen) atoms. The first-order chi connectivity index (χ1) is 11.9. The van der Waals surface area contributed by atoms with Crippen molar-refractivity contribution in [2.45, 2.75) is 27.3 Å². The van der Waals surface area contributed by atoms with Gasteiger partial charge in [-0.15, -0.1) is 0 Å². The van der Waals surface area contributed by atoms with Crippen molar-refractivity contribution in [1.82, 2.24) is 4.57 Å². The summed E-state index contributed by atoms with van der Waals surface area (Å²) in [5.41, 5.74) is 2.46. The number of para-hydroxylation sites is 1. The molecule has 0 saturated carbocycles. The van der Waals surface area contributed by atoms with Gasteiger partial charge in [0.25, 0.3) is 11.5 Å². The molecule has 0 bridgehead atoms. The molecule has 1 aromatic heterocycles. The van der Waals surface area contributed by atoms with Crippen molar-refractivity contribution < 1.29 is 9.90 Å². The Balaban J connectivity index is 2.15. The van der Waals surface area contributed by atoms with Gasteiger partial charge in [-0.2, -0.15) is 0 Å². The molecule has 0 fully saturated rings. The van der Waals surface area contributed by atoms with Crippen LogP contribution in [0.5, 0.6) is 5.75 Å². The molecule has 0 saturated heterocycles. The number of nitrogens with one attached hydrogen (secondary N) is 1. The highest BCUT2D eigenvalue weighted by molar-refractivity contribution is 6.09. The number of fused-ring (bicyclic) bond motifs is 1. The zero-order valence-electron chi connectivity index (χ0n) is 14.5. The minimum atomic E-state index is -0.609. The normalized spacial score (nSPS) is 10.8. The van der Waals surface area contributed by atoms with E-state index in [1.54, 1.807) is 30.3 Å². The number of hydrogen-bond acceptors (Lipinski definition) is 3. The van der Waals surface area contributed by atoms with Crippen LogP contribution in [-0.2, 0) is 6.54 Å². The standard InChI is InChI=1S/C20H20N2O3/c1-4-22-16-8-6-5-7-14(16)18(23)17(20(22)25)19(24)21-15-10-9-12(2)11-13(15)3/h5-11,23H,4H2,1-3H3,(H,21,24). The molecule has 0 unspecified atom stereocenters. The fraction of sp³-hybridized carbons (Fsp3) is 0.200. The molecule has 0 aliphatic carbocycles. The van der Waals surface area contributed by atoms with Crippen molar-refractivity contribution in [2.24, 2.45) is 0 Å². The Labute approximate surface area is 145 Å². The summed E-state index contributed by atoms with van der Waals surface area (Å²) in [7, 11) is 0. The number of hydrogen-bond donors (Lipinski definition) is 2. The van der Waals surface area contributed by atoms with Crippen LogP contribution >= 0.6 is 0 Å². The predicted octanol–water partition coefficient (Wildman–Crippen LogP) is 3.60. The number of anilines is 1. The number of aromatic nitrogens is 1. The highest BCUT2D eigenvalue weighted by atomic mass is 16.3.